The third kappa shape index (κ3) is 2.85. The van der Waals surface area contributed by atoms with Crippen LogP contribution in [0.3, 0.4) is 0 Å². The molecule has 1 aromatic carbocycles. The molecular formula is C11H10ClN3O3. The summed E-state index contributed by atoms with van der Waals surface area (Å²) >= 11 is 5.81. The minimum Gasteiger partial charge on any atom is -0.386 e. The lowest BCUT2D eigenvalue weighted by Crippen LogP contribution is -2.09. The van der Waals surface area contributed by atoms with Gasteiger partial charge in [-0.15, -0.1) is 0 Å². The largest absolute Gasteiger partial charge is 0.389 e. The number of hydrogen-bond acceptors (Lipinski definition) is 4. The van der Waals surface area contributed by atoms with Gasteiger partial charge in [0.05, 0.1) is 23.9 Å². The minimum absolute atomic E-state index is 0.133. The number of nitro groups is 1. The van der Waals surface area contributed by atoms with Crippen LogP contribution in [0.4, 0.5) is 5.82 Å². The van der Waals surface area contributed by atoms with Gasteiger partial charge in [-0.3, -0.25) is 0 Å². The molecule has 0 radical (unpaired) electrons. The Kier molecular flexibility index (Phi) is 3.59. The van der Waals surface area contributed by atoms with Crippen molar-refractivity contribution in [3.63, 3.8) is 0 Å². The summed E-state index contributed by atoms with van der Waals surface area (Å²) in [5, 5.41) is 24.7. The Labute approximate surface area is 108 Å². The molecule has 94 valence electrons. The van der Waals surface area contributed by atoms with Crippen LogP contribution in [0.15, 0.2) is 36.5 Å². The van der Waals surface area contributed by atoms with Gasteiger partial charge < -0.3 is 15.2 Å². The minimum atomic E-state index is -0.816. The van der Waals surface area contributed by atoms with Gasteiger partial charge in [-0.05, 0) is 22.6 Å². The maximum atomic E-state index is 10.5. The van der Waals surface area contributed by atoms with E-state index in [0.717, 1.165) is 0 Å². The zero-order valence-corrected chi connectivity index (χ0v) is 9.99. The maximum Gasteiger partial charge on any atom is 0.389 e. The summed E-state index contributed by atoms with van der Waals surface area (Å²) in [5.74, 6) is -0.242. The van der Waals surface area contributed by atoms with Gasteiger partial charge in [-0.1, -0.05) is 23.7 Å². The first-order chi connectivity index (χ1) is 8.56. The van der Waals surface area contributed by atoms with Crippen LogP contribution < -0.4 is 0 Å². The molecule has 0 aliphatic carbocycles. The lowest BCUT2D eigenvalue weighted by molar-refractivity contribution is -0.389. The lowest BCUT2D eigenvalue weighted by atomic mass is 10.1. The smallest absolute Gasteiger partial charge is 0.386 e. The molecule has 1 unspecified atom stereocenters. The van der Waals surface area contributed by atoms with E-state index >= 15 is 0 Å². The zero-order chi connectivity index (χ0) is 13.1. The van der Waals surface area contributed by atoms with Gasteiger partial charge in [0.15, 0.2) is 0 Å². The predicted molar refractivity (Wildman–Crippen MR) is 65.3 cm³/mol. The van der Waals surface area contributed by atoms with E-state index < -0.39 is 11.0 Å². The highest BCUT2D eigenvalue weighted by Crippen LogP contribution is 2.19. The van der Waals surface area contributed by atoms with Crippen LogP contribution in [-0.2, 0) is 6.54 Å². The van der Waals surface area contributed by atoms with E-state index in [4.69, 9.17) is 11.6 Å². The van der Waals surface area contributed by atoms with Crippen molar-refractivity contribution in [3.8, 4) is 0 Å². The maximum absolute atomic E-state index is 10.5. The van der Waals surface area contributed by atoms with E-state index in [-0.39, 0.29) is 12.4 Å². The molecule has 1 atom stereocenters. The average molecular weight is 268 g/mol. The van der Waals surface area contributed by atoms with Crippen molar-refractivity contribution in [3.05, 3.63) is 57.2 Å². The van der Waals surface area contributed by atoms with Crippen molar-refractivity contribution in [2.45, 2.75) is 12.6 Å². The van der Waals surface area contributed by atoms with Crippen LogP contribution in [0.1, 0.15) is 11.7 Å². The Morgan fingerprint density at radius 2 is 2.28 bits per heavy atom. The summed E-state index contributed by atoms with van der Waals surface area (Å²) in [6.07, 6.45) is 0.634. The Morgan fingerprint density at radius 3 is 2.89 bits per heavy atom. The number of rotatable bonds is 4. The SMILES string of the molecule is O=[N+]([O-])c1ccn(CC(O)c2cccc(Cl)c2)n1. The van der Waals surface area contributed by atoms with Crippen LogP contribution >= 0.6 is 11.6 Å². The third-order valence-corrected chi connectivity index (χ3v) is 2.64. The van der Waals surface area contributed by atoms with Gasteiger partial charge in [0.25, 0.3) is 0 Å². The van der Waals surface area contributed by atoms with Gasteiger partial charge >= 0.3 is 5.82 Å². The highest BCUT2D eigenvalue weighted by molar-refractivity contribution is 6.30. The molecule has 0 fully saturated rings. The van der Waals surface area contributed by atoms with E-state index in [1.165, 1.54) is 16.9 Å². The van der Waals surface area contributed by atoms with Gasteiger partial charge in [0, 0.05) is 5.02 Å². The highest BCUT2D eigenvalue weighted by atomic mass is 35.5. The fourth-order valence-electron chi connectivity index (χ4n) is 1.55. The molecular weight excluding hydrogens is 258 g/mol. The van der Waals surface area contributed by atoms with Gasteiger partial charge in [0.1, 0.15) is 6.10 Å². The monoisotopic (exact) mass is 267 g/mol. The average Bonchev–Trinajstić information content (AvgIpc) is 2.77. The van der Waals surface area contributed by atoms with E-state index in [0.29, 0.717) is 10.6 Å². The molecule has 0 amide bonds. The first-order valence-corrected chi connectivity index (χ1v) is 5.55. The molecule has 2 aromatic rings. The van der Waals surface area contributed by atoms with Crippen LogP contribution in [0, 0.1) is 10.1 Å². The molecule has 18 heavy (non-hydrogen) atoms. The summed E-state index contributed by atoms with van der Waals surface area (Å²) in [4.78, 5) is 9.88. The van der Waals surface area contributed by atoms with Crippen molar-refractivity contribution < 1.29 is 10.0 Å². The zero-order valence-electron chi connectivity index (χ0n) is 9.23. The molecule has 0 saturated heterocycles. The quantitative estimate of drug-likeness (QED) is 0.680. The summed E-state index contributed by atoms with van der Waals surface area (Å²) < 4.78 is 1.32. The van der Waals surface area contributed by atoms with E-state index in [2.05, 4.69) is 5.10 Å². The summed E-state index contributed by atoms with van der Waals surface area (Å²) in [6, 6.07) is 8.09. The molecule has 0 aliphatic heterocycles. The fourth-order valence-corrected chi connectivity index (χ4v) is 1.75. The molecule has 2 rings (SSSR count). The number of aromatic nitrogens is 2. The number of halogens is 1. The van der Waals surface area contributed by atoms with Gasteiger partial charge in [-0.25, -0.2) is 0 Å². The molecule has 1 aromatic heterocycles. The van der Waals surface area contributed by atoms with Crippen LogP contribution in [0.2, 0.25) is 5.02 Å². The first-order valence-electron chi connectivity index (χ1n) is 5.17. The number of hydrogen-bond donors (Lipinski definition) is 1. The first kappa shape index (κ1) is 12.5. The lowest BCUT2D eigenvalue weighted by Gasteiger charge is -2.09. The van der Waals surface area contributed by atoms with Crippen molar-refractivity contribution in [2.24, 2.45) is 0 Å². The Bertz CT molecular complexity index is 570. The van der Waals surface area contributed by atoms with Crippen LogP contribution in [-0.4, -0.2) is 19.8 Å². The van der Waals surface area contributed by atoms with Crippen molar-refractivity contribution in [2.75, 3.05) is 0 Å². The highest BCUT2D eigenvalue weighted by Gasteiger charge is 2.15. The molecule has 6 nitrogen and oxygen atoms in total. The van der Waals surface area contributed by atoms with E-state index in [1.807, 2.05) is 0 Å². The second kappa shape index (κ2) is 5.16. The third-order valence-electron chi connectivity index (χ3n) is 2.41. The normalized spacial score (nSPS) is 12.3. The summed E-state index contributed by atoms with van der Waals surface area (Å²) in [5.41, 5.74) is 0.639. The topological polar surface area (TPSA) is 81.2 Å². The van der Waals surface area contributed by atoms with E-state index in [1.54, 1.807) is 24.3 Å². The molecule has 1 heterocycles. The molecule has 0 spiro atoms. The van der Waals surface area contributed by atoms with Crippen LogP contribution in [0.25, 0.3) is 0 Å². The van der Waals surface area contributed by atoms with E-state index in [9.17, 15) is 15.2 Å². The van der Waals surface area contributed by atoms with Crippen molar-refractivity contribution >= 4 is 17.4 Å². The number of aliphatic hydroxyl groups excluding tert-OH is 1. The van der Waals surface area contributed by atoms with Gasteiger partial charge in [0.2, 0.25) is 0 Å². The molecule has 0 bridgehead atoms. The number of benzene rings is 1. The van der Waals surface area contributed by atoms with Crippen molar-refractivity contribution in [1.29, 1.82) is 0 Å². The number of nitrogens with zero attached hydrogens (tertiary/aromatic N) is 3. The Morgan fingerprint density at radius 1 is 1.50 bits per heavy atom. The Hall–Kier alpha value is -1.92. The molecule has 1 N–H and O–H groups in total. The fraction of sp³-hybridized carbons (Fsp3) is 0.182. The summed E-state index contributed by atoms with van der Waals surface area (Å²) in [6.45, 7) is 0.133. The second-order valence-corrected chi connectivity index (χ2v) is 4.16. The standard InChI is InChI=1S/C11H10ClN3O3/c12-9-3-1-2-8(6-9)10(16)7-14-5-4-11(13-14)15(17)18/h1-6,10,16H,7H2. The predicted octanol–water partition coefficient (Wildman–Crippen LogP) is 2.18. The molecule has 0 saturated carbocycles. The Balaban J connectivity index is 2.11. The molecule has 7 heteroatoms. The number of aliphatic hydroxyl groups is 1. The van der Waals surface area contributed by atoms with Crippen LogP contribution in [0.5, 0.6) is 0 Å². The second-order valence-electron chi connectivity index (χ2n) is 3.72. The molecule has 0 aliphatic rings. The van der Waals surface area contributed by atoms with Crippen molar-refractivity contribution in [1.82, 2.24) is 9.78 Å². The van der Waals surface area contributed by atoms with Gasteiger partial charge in [-0.2, -0.15) is 4.68 Å². The summed E-state index contributed by atoms with van der Waals surface area (Å²) in [7, 11) is 0.